The van der Waals surface area contributed by atoms with Crippen molar-refractivity contribution in [2.45, 2.75) is 25.1 Å². The lowest BCUT2D eigenvalue weighted by atomic mass is 9.99. The number of hydrogen-bond acceptors (Lipinski definition) is 6. The fraction of sp³-hybridized carbons (Fsp3) is 0.364. The van der Waals surface area contributed by atoms with Gasteiger partial charge in [-0.15, -0.1) is 0 Å². The second-order valence-corrected chi connectivity index (χ2v) is 7.51. The van der Waals surface area contributed by atoms with Crippen molar-refractivity contribution < 1.29 is 23.5 Å². The van der Waals surface area contributed by atoms with E-state index in [0.29, 0.717) is 19.5 Å². The molecular weight excluding hydrogens is 403 g/mol. The minimum Gasteiger partial charge on any atom is -0.496 e. The fourth-order valence-corrected chi connectivity index (χ4v) is 3.78. The topological polar surface area (TPSA) is 120 Å². The molecule has 1 aliphatic rings. The summed E-state index contributed by atoms with van der Waals surface area (Å²) in [6.45, 7) is 1.99. The highest BCUT2D eigenvalue weighted by molar-refractivity contribution is 6.04. The first-order valence-corrected chi connectivity index (χ1v) is 9.90. The summed E-state index contributed by atoms with van der Waals surface area (Å²) in [5.74, 6) is -1.18. The van der Waals surface area contributed by atoms with E-state index < -0.39 is 11.8 Å². The Hall–Kier alpha value is -3.17. The molecule has 2 aromatic rings. The van der Waals surface area contributed by atoms with E-state index in [0.717, 1.165) is 12.1 Å². The third-order valence-electron chi connectivity index (χ3n) is 5.46. The number of hydrogen-bond donors (Lipinski definition) is 3. The van der Waals surface area contributed by atoms with Gasteiger partial charge in [-0.3, -0.25) is 14.5 Å². The van der Waals surface area contributed by atoms with E-state index in [-0.39, 0.29) is 40.5 Å². The number of benzene rings is 2. The molecule has 1 saturated heterocycles. The van der Waals surface area contributed by atoms with Crippen LogP contribution in [-0.2, 0) is 11.3 Å². The Bertz CT molecular complexity index is 951. The summed E-state index contributed by atoms with van der Waals surface area (Å²) in [5, 5.41) is 2.96. The van der Waals surface area contributed by atoms with Crippen LogP contribution in [0.3, 0.4) is 0 Å². The minimum atomic E-state index is -0.713. The van der Waals surface area contributed by atoms with E-state index in [1.807, 2.05) is 0 Å². The number of ether oxygens (including phenoxy) is 2. The lowest BCUT2D eigenvalue weighted by Crippen LogP contribution is -2.54. The number of rotatable bonds is 7. The number of piperidine rings is 1. The Labute approximate surface area is 180 Å². The maximum atomic E-state index is 13.1. The maximum Gasteiger partial charge on any atom is 0.253 e. The van der Waals surface area contributed by atoms with Gasteiger partial charge in [-0.05, 0) is 30.2 Å². The normalized spacial score (nSPS) is 19.1. The van der Waals surface area contributed by atoms with E-state index in [1.54, 1.807) is 19.2 Å². The molecule has 2 amide bonds. The number of halogens is 1. The molecule has 0 bridgehead atoms. The molecule has 31 heavy (non-hydrogen) atoms. The van der Waals surface area contributed by atoms with Crippen LogP contribution in [-0.4, -0.2) is 56.2 Å². The minimum absolute atomic E-state index is 0.0826. The van der Waals surface area contributed by atoms with Crippen molar-refractivity contribution in [2.75, 3.05) is 33.0 Å². The molecule has 8 nitrogen and oxygen atoms in total. The molecule has 1 heterocycles. The predicted octanol–water partition coefficient (Wildman–Crippen LogP) is 1.53. The van der Waals surface area contributed by atoms with Gasteiger partial charge in [0.15, 0.2) is 0 Å². The second kappa shape index (κ2) is 9.76. The third kappa shape index (κ3) is 5.31. The van der Waals surface area contributed by atoms with E-state index in [1.165, 1.54) is 31.4 Å². The average Bonchev–Trinajstić information content (AvgIpc) is 2.75. The zero-order valence-corrected chi connectivity index (χ0v) is 17.6. The number of nitrogens with one attached hydrogen (secondary N) is 1. The quantitative estimate of drug-likeness (QED) is 0.573. The molecule has 166 valence electrons. The van der Waals surface area contributed by atoms with Gasteiger partial charge in [-0.2, -0.15) is 0 Å². The van der Waals surface area contributed by atoms with Crippen LogP contribution in [0.5, 0.6) is 5.75 Å². The molecule has 0 radical (unpaired) electrons. The number of anilines is 1. The largest absolute Gasteiger partial charge is 0.496 e. The Balaban J connectivity index is 1.68. The zero-order chi connectivity index (χ0) is 22.5. The van der Waals surface area contributed by atoms with Crippen LogP contribution in [0.2, 0.25) is 0 Å². The number of likely N-dealkylation sites (tertiary alicyclic amines) is 1. The van der Waals surface area contributed by atoms with Crippen molar-refractivity contribution in [1.82, 2.24) is 10.2 Å². The summed E-state index contributed by atoms with van der Waals surface area (Å²) in [6.07, 6.45) is 0.415. The molecule has 0 unspecified atom stereocenters. The molecule has 0 aromatic heterocycles. The molecule has 3 rings (SSSR count). The number of nitrogen functional groups attached to an aromatic ring is 1. The highest BCUT2D eigenvalue weighted by Crippen LogP contribution is 2.26. The molecule has 9 heteroatoms. The molecular formula is C22H27FN4O4. The summed E-state index contributed by atoms with van der Waals surface area (Å²) < 4.78 is 23.8. The number of nitrogens with zero attached hydrogens (tertiary/aromatic N) is 1. The van der Waals surface area contributed by atoms with E-state index in [9.17, 15) is 14.0 Å². The molecule has 1 aliphatic heterocycles. The van der Waals surface area contributed by atoms with Crippen LogP contribution in [0, 0.1) is 5.82 Å². The van der Waals surface area contributed by atoms with Gasteiger partial charge in [0, 0.05) is 38.5 Å². The summed E-state index contributed by atoms with van der Waals surface area (Å²) in [5.41, 5.74) is 12.8. The first kappa shape index (κ1) is 22.5. The van der Waals surface area contributed by atoms with Gasteiger partial charge in [-0.1, -0.05) is 12.1 Å². The molecule has 0 aliphatic carbocycles. The molecule has 0 spiro atoms. The van der Waals surface area contributed by atoms with E-state index in [2.05, 4.69) is 10.2 Å². The highest BCUT2D eigenvalue weighted by Gasteiger charge is 2.31. The van der Waals surface area contributed by atoms with Crippen molar-refractivity contribution >= 4 is 17.5 Å². The van der Waals surface area contributed by atoms with Crippen molar-refractivity contribution in [1.29, 1.82) is 0 Å². The molecule has 5 N–H and O–H groups in total. The van der Waals surface area contributed by atoms with Crippen LogP contribution < -0.4 is 21.5 Å². The van der Waals surface area contributed by atoms with E-state index in [4.69, 9.17) is 20.9 Å². The fourth-order valence-electron chi connectivity index (χ4n) is 3.78. The Kier molecular flexibility index (Phi) is 7.09. The average molecular weight is 430 g/mol. The lowest BCUT2D eigenvalue weighted by Gasteiger charge is -2.38. The van der Waals surface area contributed by atoms with Crippen molar-refractivity contribution in [2.24, 2.45) is 5.73 Å². The van der Waals surface area contributed by atoms with Crippen molar-refractivity contribution in [3.8, 4) is 5.75 Å². The van der Waals surface area contributed by atoms with Crippen LogP contribution >= 0.6 is 0 Å². The molecule has 1 fully saturated rings. The van der Waals surface area contributed by atoms with Gasteiger partial charge in [0.25, 0.3) is 11.8 Å². The van der Waals surface area contributed by atoms with E-state index >= 15 is 0 Å². The third-order valence-corrected chi connectivity index (χ3v) is 5.46. The van der Waals surface area contributed by atoms with Gasteiger partial charge in [0.1, 0.15) is 11.6 Å². The highest BCUT2D eigenvalue weighted by atomic mass is 19.1. The SMILES string of the molecule is COc1cc(N)c(C(=O)N[C@H]2CCN(Cc3ccc(F)cc3)C[C@H]2OC)cc1C(N)=O. The molecule has 0 saturated carbocycles. The summed E-state index contributed by atoms with van der Waals surface area (Å²) >= 11 is 0. The Morgan fingerprint density at radius 2 is 1.90 bits per heavy atom. The van der Waals surface area contributed by atoms with Crippen molar-refractivity contribution in [3.05, 3.63) is 58.9 Å². The monoisotopic (exact) mass is 430 g/mol. The number of primary amides is 1. The zero-order valence-electron chi connectivity index (χ0n) is 17.6. The maximum absolute atomic E-state index is 13.1. The van der Waals surface area contributed by atoms with Gasteiger partial charge >= 0.3 is 0 Å². The van der Waals surface area contributed by atoms with Crippen LogP contribution in [0.4, 0.5) is 10.1 Å². The number of nitrogens with two attached hydrogens (primary N) is 2. The van der Waals surface area contributed by atoms with Crippen LogP contribution in [0.25, 0.3) is 0 Å². The number of methoxy groups -OCH3 is 2. The summed E-state index contributed by atoms with van der Waals surface area (Å²) in [6, 6.07) is 8.92. The molecule has 2 atom stereocenters. The van der Waals surface area contributed by atoms with Gasteiger partial charge in [0.2, 0.25) is 0 Å². The molecule has 2 aromatic carbocycles. The van der Waals surface area contributed by atoms with Crippen molar-refractivity contribution in [3.63, 3.8) is 0 Å². The van der Waals surface area contributed by atoms with Gasteiger partial charge in [-0.25, -0.2) is 4.39 Å². The van der Waals surface area contributed by atoms with Crippen LogP contribution in [0.15, 0.2) is 36.4 Å². The smallest absolute Gasteiger partial charge is 0.253 e. The number of carbonyl (C=O) groups is 2. The van der Waals surface area contributed by atoms with Crippen LogP contribution in [0.1, 0.15) is 32.7 Å². The first-order valence-electron chi connectivity index (χ1n) is 9.90. The van der Waals surface area contributed by atoms with Gasteiger partial charge in [0.05, 0.1) is 30.4 Å². The number of carbonyl (C=O) groups excluding carboxylic acids is 2. The lowest BCUT2D eigenvalue weighted by molar-refractivity contribution is 0.00391. The standard InChI is InChI=1S/C22H27FN4O4/c1-30-19-10-17(24)15(9-16(19)21(25)28)22(29)26-18-7-8-27(12-20(18)31-2)11-13-3-5-14(23)6-4-13/h3-6,9-10,18,20H,7-8,11-12,24H2,1-2H3,(H2,25,28)(H,26,29)/t18-,20+/m0/s1. The Morgan fingerprint density at radius 3 is 2.52 bits per heavy atom. The summed E-state index contributed by atoms with van der Waals surface area (Å²) in [4.78, 5) is 26.8. The summed E-state index contributed by atoms with van der Waals surface area (Å²) in [7, 11) is 2.99. The Morgan fingerprint density at radius 1 is 1.19 bits per heavy atom. The van der Waals surface area contributed by atoms with Gasteiger partial charge < -0.3 is 26.3 Å². The predicted molar refractivity (Wildman–Crippen MR) is 114 cm³/mol. The number of amides is 2. The first-order chi connectivity index (χ1) is 14.8. The second-order valence-electron chi connectivity index (χ2n) is 7.51.